The summed E-state index contributed by atoms with van der Waals surface area (Å²) in [4.78, 5) is 58.9. The number of carboxylic acids is 1. The van der Waals surface area contributed by atoms with Crippen LogP contribution in [0.2, 0.25) is 0 Å². The van der Waals surface area contributed by atoms with Crippen molar-refractivity contribution in [1.82, 2.24) is 10.6 Å². The van der Waals surface area contributed by atoms with Gasteiger partial charge in [-0.3, -0.25) is 19.2 Å². The highest BCUT2D eigenvalue weighted by Crippen LogP contribution is 2.23. The fourth-order valence-corrected chi connectivity index (χ4v) is 3.81. The Morgan fingerprint density at radius 2 is 1.45 bits per heavy atom. The van der Waals surface area contributed by atoms with Crippen LogP contribution in [0.4, 0.5) is 16.2 Å². The van der Waals surface area contributed by atoms with Gasteiger partial charge in [-0.05, 0) is 55.2 Å². The number of hydrogen-bond donors (Lipinski definition) is 5. The molecule has 2 aromatic rings. The van der Waals surface area contributed by atoms with Gasteiger partial charge in [0.25, 0.3) is 0 Å². The molecule has 0 aliphatic heterocycles. The lowest BCUT2D eigenvalue weighted by Gasteiger charge is -2.27. The molecule has 0 saturated carbocycles. The van der Waals surface area contributed by atoms with Gasteiger partial charge in [-0.1, -0.05) is 31.2 Å². The van der Waals surface area contributed by atoms with Crippen LogP contribution >= 0.6 is 0 Å². The third-order valence-electron chi connectivity index (χ3n) is 6.40. The topological polar surface area (TPSA) is 191 Å². The molecule has 14 nitrogen and oxygen atoms in total. The Bertz CT molecular complexity index is 1250. The van der Waals surface area contributed by atoms with Crippen LogP contribution in [-0.2, 0) is 44.5 Å². The number of carbonyl (C=O) groups is 5. The van der Waals surface area contributed by atoms with E-state index in [0.29, 0.717) is 24.2 Å². The van der Waals surface area contributed by atoms with Gasteiger partial charge in [0.1, 0.15) is 18.8 Å². The Morgan fingerprint density at radius 1 is 0.864 bits per heavy atom. The smallest absolute Gasteiger partial charge is 0.408 e. The number of anilines is 2. The molecule has 14 heteroatoms. The molecule has 0 aliphatic carbocycles. The number of amides is 4. The summed E-state index contributed by atoms with van der Waals surface area (Å²) in [5.41, 5.74) is 1.96. The molecule has 240 valence electrons. The van der Waals surface area contributed by atoms with Crippen LogP contribution in [0.15, 0.2) is 48.5 Å². The number of aliphatic carboxylic acids is 1. The van der Waals surface area contributed by atoms with Crippen molar-refractivity contribution in [3.63, 3.8) is 0 Å². The SMILES string of the molecule is CCC(COC)(COCOC(C)COC(=O)NCNC(=O)C(=O)Nc1ccc(Cc2ccc(NC(C)=O)cc2)cc1)C(=O)O. The number of carbonyl (C=O) groups excluding carboxylic acids is 4. The van der Waals surface area contributed by atoms with Crippen LogP contribution in [0.5, 0.6) is 0 Å². The zero-order chi connectivity index (χ0) is 32.5. The van der Waals surface area contributed by atoms with E-state index in [9.17, 15) is 29.1 Å². The van der Waals surface area contributed by atoms with Crippen LogP contribution in [0.1, 0.15) is 38.3 Å². The van der Waals surface area contributed by atoms with Gasteiger partial charge in [-0.2, -0.15) is 0 Å². The maximum Gasteiger partial charge on any atom is 0.408 e. The molecular weight excluding hydrogens is 576 g/mol. The van der Waals surface area contributed by atoms with Crippen molar-refractivity contribution in [3.05, 3.63) is 59.7 Å². The first-order chi connectivity index (χ1) is 21.0. The molecule has 0 aliphatic rings. The van der Waals surface area contributed by atoms with E-state index in [-0.39, 0.29) is 39.2 Å². The fourth-order valence-electron chi connectivity index (χ4n) is 3.81. The minimum absolute atomic E-state index is 0.0107. The van der Waals surface area contributed by atoms with Crippen molar-refractivity contribution in [1.29, 1.82) is 0 Å². The lowest BCUT2D eigenvalue weighted by molar-refractivity contribution is -0.166. The maximum absolute atomic E-state index is 12.2. The molecule has 0 radical (unpaired) electrons. The predicted molar refractivity (Wildman–Crippen MR) is 160 cm³/mol. The molecule has 0 bridgehead atoms. The van der Waals surface area contributed by atoms with E-state index >= 15 is 0 Å². The highest BCUT2D eigenvalue weighted by Gasteiger charge is 2.37. The third kappa shape index (κ3) is 12.4. The Morgan fingerprint density at radius 3 is 1.98 bits per heavy atom. The second-order valence-electron chi connectivity index (χ2n) is 9.98. The monoisotopic (exact) mass is 616 g/mol. The number of carboxylic acid groups (broad SMARTS) is 1. The second-order valence-corrected chi connectivity index (χ2v) is 9.98. The van der Waals surface area contributed by atoms with E-state index in [1.165, 1.54) is 14.0 Å². The largest absolute Gasteiger partial charge is 0.481 e. The highest BCUT2D eigenvalue weighted by atomic mass is 16.7. The Hall–Kier alpha value is -4.53. The highest BCUT2D eigenvalue weighted by molar-refractivity contribution is 6.39. The number of benzene rings is 2. The molecule has 2 aromatic carbocycles. The lowest BCUT2D eigenvalue weighted by Crippen LogP contribution is -2.42. The number of rotatable bonds is 17. The molecule has 4 amide bonds. The van der Waals surface area contributed by atoms with Crippen molar-refractivity contribution >= 4 is 41.2 Å². The summed E-state index contributed by atoms with van der Waals surface area (Å²) in [7, 11) is 1.41. The molecule has 0 saturated heterocycles. The zero-order valence-corrected chi connectivity index (χ0v) is 25.3. The molecule has 2 unspecified atom stereocenters. The van der Waals surface area contributed by atoms with Crippen molar-refractivity contribution in [2.24, 2.45) is 5.41 Å². The summed E-state index contributed by atoms with van der Waals surface area (Å²) < 4.78 is 20.7. The molecule has 0 aromatic heterocycles. The maximum atomic E-state index is 12.2. The standard InChI is InChI=1S/C30H40N4O10/c1-5-30(16-41-4,28(38)39)17-42-19-44-20(2)15-43-29(40)32-18-31-26(36)27(37)34-25-12-8-23(9-13-25)14-22-6-10-24(11-7-22)33-21(3)35/h6-13,20H,5,14-19H2,1-4H3,(H,31,36)(H,32,40)(H,33,35)(H,34,37)(H,38,39). The van der Waals surface area contributed by atoms with Crippen molar-refractivity contribution in [2.75, 3.05) is 51.0 Å². The third-order valence-corrected chi connectivity index (χ3v) is 6.40. The quantitative estimate of drug-likeness (QED) is 0.100. The number of methoxy groups -OCH3 is 1. The van der Waals surface area contributed by atoms with Gasteiger partial charge >= 0.3 is 23.9 Å². The summed E-state index contributed by atoms with van der Waals surface area (Å²) >= 11 is 0. The molecular formula is C30H40N4O10. The Kier molecular flexibility index (Phi) is 14.8. The van der Waals surface area contributed by atoms with Gasteiger partial charge in [-0.15, -0.1) is 0 Å². The van der Waals surface area contributed by atoms with Crippen molar-refractivity contribution in [2.45, 2.75) is 39.7 Å². The van der Waals surface area contributed by atoms with Gasteiger partial charge < -0.3 is 45.3 Å². The molecule has 0 spiro atoms. The van der Waals surface area contributed by atoms with Crippen molar-refractivity contribution < 1.29 is 48.0 Å². The second kappa shape index (κ2) is 18.2. The van der Waals surface area contributed by atoms with E-state index < -0.39 is 35.4 Å². The average molecular weight is 617 g/mol. The summed E-state index contributed by atoms with van der Waals surface area (Å²) in [6.45, 7) is 3.96. The zero-order valence-electron chi connectivity index (χ0n) is 25.3. The number of hydrogen-bond acceptors (Lipinski definition) is 9. The lowest BCUT2D eigenvalue weighted by atomic mass is 9.87. The first kappa shape index (κ1) is 35.7. The average Bonchev–Trinajstić information content (AvgIpc) is 2.99. The van der Waals surface area contributed by atoms with Crippen LogP contribution in [0.3, 0.4) is 0 Å². The first-order valence-corrected chi connectivity index (χ1v) is 13.8. The van der Waals surface area contributed by atoms with Crippen LogP contribution in [0, 0.1) is 5.41 Å². The predicted octanol–water partition coefficient (Wildman–Crippen LogP) is 2.48. The molecule has 44 heavy (non-hydrogen) atoms. The van der Waals surface area contributed by atoms with E-state index in [4.69, 9.17) is 18.9 Å². The number of ether oxygens (including phenoxy) is 4. The summed E-state index contributed by atoms with van der Waals surface area (Å²) in [6, 6.07) is 14.4. The van der Waals surface area contributed by atoms with E-state index in [2.05, 4.69) is 21.3 Å². The van der Waals surface area contributed by atoms with Gasteiger partial charge in [0.15, 0.2) is 0 Å². The Balaban J connectivity index is 1.64. The molecule has 0 heterocycles. The van der Waals surface area contributed by atoms with E-state index in [1.807, 2.05) is 36.4 Å². The van der Waals surface area contributed by atoms with E-state index in [0.717, 1.165) is 11.1 Å². The minimum Gasteiger partial charge on any atom is -0.481 e. The van der Waals surface area contributed by atoms with Crippen LogP contribution < -0.4 is 21.3 Å². The van der Waals surface area contributed by atoms with Gasteiger partial charge in [0.05, 0.1) is 26.0 Å². The first-order valence-electron chi connectivity index (χ1n) is 13.8. The molecule has 0 fully saturated rings. The molecule has 2 rings (SSSR count). The van der Waals surface area contributed by atoms with E-state index in [1.54, 1.807) is 26.0 Å². The number of alkyl carbamates (subject to hydrolysis) is 1. The summed E-state index contributed by atoms with van der Waals surface area (Å²) in [5, 5.41) is 19.2. The summed E-state index contributed by atoms with van der Waals surface area (Å²) in [6.07, 6.45) is -0.470. The molecule has 2 atom stereocenters. The van der Waals surface area contributed by atoms with Crippen molar-refractivity contribution in [3.8, 4) is 0 Å². The summed E-state index contributed by atoms with van der Waals surface area (Å²) in [5.74, 6) is -3.05. The minimum atomic E-state index is -1.19. The van der Waals surface area contributed by atoms with Crippen LogP contribution in [-0.4, -0.2) is 81.4 Å². The van der Waals surface area contributed by atoms with Gasteiger partial charge in [0, 0.05) is 25.4 Å². The fraction of sp³-hybridized carbons (Fsp3) is 0.433. The van der Waals surface area contributed by atoms with Gasteiger partial charge in [-0.25, -0.2) is 4.79 Å². The Labute approximate surface area is 255 Å². The normalized spacial score (nSPS) is 12.7. The molecule has 5 N–H and O–H groups in total. The van der Waals surface area contributed by atoms with Crippen LogP contribution in [0.25, 0.3) is 0 Å². The van der Waals surface area contributed by atoms with Gasteiger partial charge in [0.2, 0.25) is 5.91 Å². The number of nitrogens with one attached hydrogen (secondary N) is 4.